The Balaban J connectivity index is 2.39. The van der Waals surface area contributed by atoms with Gasteiger partial charge in [0.15, 0.2) is 33.9 Å². The zero-order valence-corrected chi connectivity index (χ0v) is 24.9. The molecule has 0 spiro atoms. The SMILES string of the molecule is COc1c(OC)c2c(=O)cc(OC)c3c4c(OC)cc(=O)c5c(OC)c(OC)c(C[C@H](C)O)c(c(c1C[C@H](C)O)c23)c54. The van der Waals surface area contributed by atoms with Crippen molar-refractivity contribution in [2.24, 2.45) is 0 Å². The smallest absolute Gasteiger partial charge is 0.194 e. The lowest BCUT2D eigenvalue weighted by Crippen LogP contribution is -2.15. The van der Waals surface area contributed by atoms with Gasteiger partial charge >= 0.3 is 0 Å². The predicted molar refractivity (Wildman–Crippen MR) is 161 cm³/mol. The first-order valence-electron chi connectivity index (χ1n) is 13.4. The van der Waals surface area contributed by atoms with Crippen molar-refractivity contribution >= 4 is 43.1 Å². The van der Waals surface area contributed by atoms with Crippen molar-refractivity contribution in [1.29, 1.82) is 0 Å². The molecule has 0 heterocycles. The van der Waals surface area contributed by atoms with Gasteiger partial charge in [0.2, 0.25) is 0 Å². The zero-order valence-electron chi connectivity index (χ0n) is 24.9. The van der Waals surface area contributed by atoms with Crippen LogP contribution in [0, 0.1) is 0 Å². The first-order valence-corrected chi connectivity index (χ1v) is 13.4. The quantitative estimate of drug-likeness (QED) is 0.186. The van der Waals surface area contributed by atoms with Gasteiger partial charge in [-0.25, -0.2) is 0 Å². The van der Waals surface area contributed by atoms with E-state index < -0.39 is 12.2 Å². The van der Waals surface area contributed by atoms with Crippen LogP contribution in [-0.2, 0) is 12.8 Å². The maximum atomic E-state index is 13.8. The van der Waals surface area contributed by atoms with Gasteiger partial charge in [-0.15, -0.1) is 0 Å². The molecule has 0 aliphatic heterocycles. The Hall–Kier alpha value is -4.28. The first-order chi connectivity index (χ1) is 20.1. The fraction of sp³-hybridized carbons (Fsp3) is 0.375. The van der Waals surface area contributed by atoms with E-state index in [9.17, 15) is 19.8 Å². The summed E-state index contributed by atoms with van der Waals surface area (Å²) in [5.41, 5.74) is 0.351. The lowest BCUT2D eigenvalue weighted by atomic mass is 9.81. The van der Waals surface area contributed by atoms with E-state index in [-0.39, 0.29) is 69.0 Å². The average Bonchev–Trinajstić information content (AvgIpc) is 2.95. The number of rotatable bonds is 10. The number of ether oxygens (including phenoxy) is 6. The van der Waals surface area contributed by atoms with Gasteiger partial charge in [-0.05, 0) is 24.6 Å². The van der Waals surface area contributed by atoms with Crippen LogP contribution in [0.3, 0.4) is 0 Å². The summed E-state index contributed by atoms with van der Waals surface area (Å²) >= 11 is 0. The molecule has 0 aromatic heterocycles. The summed E-state index contributed by atoms with van der Waals surface area (Å²) in [7, 11) is 8.75. The van der Waals surface area contributed by atoms with Gasteiger partial charge in [0.05, 0.1) is 65.6 Å². The van der Waals surface area contributed by atoms with Crippen LogP contribution in [0.5, 0.6) is 34.5 Å². The highest BCUT2D eigenvalue weighted by Crippen LogP contribution is 2.55. The molecule has 0 saturated heterocycles. The minimum atomic E-state index is -0.823. The molecule has 0 fully saturated rings. The van der Waals surface area contributed by atoms with Crippen LogP contribution in [0.25, 0.3) is 43.1 Å². The van der Waals surface area contributed by atoms with E-state index in [1.807, 2.05) is 0 Å². The van der Waals surface area contributed by atoms with E-state index in [0.717, 1.165) is 0 Å². The van der Waals surface area contributed by atoms with Crippen LogP contribution in [0.15, 0.2) is 21.7 Å². The second kappa shape index (κ2) is 10.8. The molecule has 0 radical (unpaired) electrons. The van der Waals surface area contributed by atoms with Gasteiger partial charge in [-0.1, -0.05) is 0 Å². The fourth-order valence-electron chi connectivity index (χ4n) is 6.42. The summed E-state index contributed by atoms with van der Waals surface area (Å²) in [6.07, 6.45) is -1.42. The molecule has 0 bridgehead atoms. The van der Waals surface area contributed by atoms with Gasteiger partial charge < -0.3 is 38.6 Å². The molecule has 222 valence electrons. The van der Waals surface area contributed by atoms with Crippen LogP contribution < -0.4 is 39.3 Å². The molecular weight excluding hydrogens is 544 g/mol. The topological polar surface area (TPSA) is 130 Å². The lowest BCUT2D eigenvalue weighted by molar-refractivity contribution is 0.193. The maximum absolute atomic E-state index is 13.8. The Labute approximate surface area is 241 Å². The van der Waals surface area contributed by atoms with Crippen molar-refractivity contribution in [2.75, 3.05) is 42.7 Å². The maximum Gasteiger partial charge on any atom is 0.194 e. The molecule has 0 aliphatic carbocycles. The van der Waals surface area contributed by atoms with E-state index in [4.69, 9.17) is 28.4 Å². The third-order valence-corrected chi connectivity index (χ3v) is 7.78. The van der Waals surface area contributed by atoms with Crippen molar-refractivity contribution < 1.29 is 38.6 Å². The van der Waals surface area contributed by atoms with E-state index in [1.54, 1.807) is 13.8 Å². The molecular formula is C32H34O10. The molecule has 0 unspecified atom stereocenters. The van der Waals surface area contributed by atoms with Crippen molar-refractivity contribution in [3.8, 4) is 34.5 Å². The minimum Gasteiger partial charge on any atom is -0.496 e. The molecule has 0 aliphatic rings. The van der Waals surface area contributed by atoms with Gasteiger partial charge in [0.1, 0.15) is 11.5 Å². The highest BCUT2D eigenvalue weighted by atomic mass is 16.5. The fourth-order valence-corrected chi connectivity index (χ4v) is 6.42. The second-order valence-corrected chi connectivity index (χ2v) is 10.4. The Morgan fingerprint density at radius 1 is 0.500 bits per heavy atom. The third-order valence-electron chi connectivity index (χ3n) is 7.78. The Bertz CT molecular complexity index is 1800. The largest absolute Gasteiger partial charge is 0.496 e. The average molecular weight is 579 g/mol. The molecule has 42 heavy (non-hydrogen) atoms. The molecule has 2 atom stereocenters. The summed E-state index contributed by atoms with van der Waals surface area (Å²) in [5.74, 6) is 1.48. The van der Waals surface area contributed by atoms with Crippen molar-refractivity contribution in [3.63, 3.8) is 0 Å². The Kier molecular flexibility index (Phi) is 7.55. The number of hydrogen-bond acceptors (Lipinski definition) is 10. The van der Waals surface area contributed by atoms with Crippen LogP contribution >= 0.6 is 0 Å². The molecule has 2 N–H and O–H groups in total. The van der Waals surface area contributed by atoms with E-state index in [0.29, 0.717) is 43.4 Å². The van der Waals surface area contributed by atoms with Crippen molar-refractivity contribution in [1.82, 2.24) is 0 Å². The van der Waals surface area contributed by atoms with Gasteiger partial charge in [-0.2, -0.15) is 0 Å². The Morgan fingerprint density at radius 2 is 0.833 bits per heavy atom. The molecule has 0 saturated carbocycles. The van der Waals surface area contributed by atoms with Crippen molar-refractivity contribution in [2.45, 2.75) is 38.9 Å². The molecule has 5 aromatic carbocycles. The zero-order chi connectivity index (χ0) is 30.6. The Morgan fingerprint density at radius 3 is 1.10 bits per heavy atom. The van der Waals surface area contributed by atoms with Gasteiger partial charge in [0.25, 0.3) is 0 Å². The summed E-state index contributed by atoms with van der Waals surface area (Å²) in [5, 5.41) is 24.9. The molecule has 0 amide bonds. The van der Waals surface area contributed by atoms with Crippen LogP contribution in [0.1, 0.15) is 25.0 Å². The number of aliphatic hydroxyl groups is 2. The summed E-state index contributed by atoms with van der Waals surface area (Å²) < 4.78 is 34.9. The second-order valence-electron chi connectivity index (χ2n) is 10.4. The number of fused-ring (bicyclic) bond motifs is 2. The lowest BCUT2D eigenvalue weighted by Gasteiger charge is -2.27. The number of methoxy groups -OCH3 is 6. The van der Waals surface area contributed by atoms with Crippen molar-refractivity contribution in [3.05, 3.63) is 43.7 Å². The molecule has 5 rings (SSSR count). The summed E-state index contributed by atoms with van der Waals surface area (Å²) in [6, 6.07) is 2.74. The highest BCUT2D eigenvalue weighted by molar-refractivity contribution is 6.38. The molecule has 10 heteroatoms. The standard InChI is InChI=1S/C32H34O10/c1-13(33)9-15-21-22-16(10-14(2)34)30(40-6)32(42-8)24-18(36)12-20(38-4)26(28(22)24)25-19(37-3)11-17(35)23(27(21)25)31(41-7)29(15)39-5/h11-14,33-34H,9-10H2,1-8H3/t13-,14-/m0/s1. The van der Waals surface area contributed by atoms with Crippen LogP contribution in [-0.4, -0.2) is 65.1 Å². The summed E-state index contributed by atoms with van der Waals surface area (Å²) in [6.45, 7) is 3.29. The summed E-state index contributed by atoms with van der Waals surface area (Å²) in [4.78, 5) is 27.6. The van der Waals surface area contributed by atoms with Gasteiger partial charge in [0, 0.05) is 57.6 Å². The molecule has 5 aromatic rings. The molecule has 10 nitrogen and oxygen atoms in total. The van der Waals surface area contributed by atoms with E-state index in [2.05, 4.69) is 0 Å². The van der Waals surface area contributed by atoms with Crippen LogP contribution in [0.4, 0.5) is 0 Å². The minimum absolute atomic E-state index is 0.114. The van der Waals surface area contributed by atoms with Gasteiger partial charge in [-0.3, -0.25) is 9.59 Å². The predicted octanol–water partition coefficient (Wildman–Crippen LogP) is 3.79. The highest BCUT2D eigenvalue weighted by Gasteiger charge is 2.33. The number of aliphatic hydroxyl groups excluding tert-OH is 2. The van der Waals surface area contributed by atoms with Crippen LogP contribution in [0.2, 0.25) is 0 Å². The number of hydrogen-bond donors (Lipinski definition) is 2. The van der Waals surface area contributed by atoms with E-state index >= 15 is 0 Å². The first kappa shape index (κ1) is 29.2. The number of benzene rings is 5. The third kappa shape index (κ3) is 4.00. The normalized spacial score (nSPS) is 13.2. The monoisotopic (exact) mass is 578 g/mol. The van der Waals surface area contributed by atoms with E-state index in [1.165, 1.54) is 54.8 Å².